The van der Waals surface area contributed by atoms with E-state index in [4.69, 9.17) is 0 Å². The number of thioether (sulfide) groups is 1. The Morgan fingerprint density at radius 3 is 2.48 bits per heavy atom. The molecule has 2 aromatic rings. The molecule has 2 rings (SSSR count). The van der Waals surface area contributed by atoms with Crippen LogP contribution < -0.4 is 10.6 Å². The van der Waals surface area contributed by atoms with Gasteiger partial charge in [-0.1, -0.05) is 12.1 Å². The van der Waals surface area contributed by atoms with E-state index in [1.807, 2.05) is 61.7 Å². The molecule has 0 aromatic heterocycles. The molecule has 0 unspecified atom stereocenters. The molecule has 2 aromatic carbocycles. The summed E-state index contributed by atoms with van der Waals surface area (Å²) in [6.07, 6.45) is 2.00. The van der Waals surface area contributed by atoms with Crippen molar-refractivity contribution in [3.63, 3.8) is 0 Å². The van der Waals surface area contributed by atoms with Gasteiger partial charge in [0.05, 0.1) is 5.69 Å². The molecule has 5 heteroatoms. The molecule has 0 heterocycles. The third-order valence-electron chi connectivity index (χ3n) is 2.99. The molecule has 0 radical (unpaired) electrons. The summed E-state index contributed by atoms with van der Waals surface area (Å²) in [5.41, 5.74) is 1.79. The number of halogens is 1. The number of amides is 1. The quantitative estimate of drug-likeness (QED) is 0.563. The number of carbonyl (C=O) groups is 1. The van der Waals surface area contributed by atoms with Crippen LogP contribution in [0.5, 0.6) is 0 Å². The van der Waals surface area contributed by atoms with Crippen LogP contribution in [0, 0.1) is 3.57 Å². The van der Waals surface area contributed by atoms with Gasteiger partial charge in [0.2, 0.25) is 5.91 Å². The zero-order valence-electron chi connectivity index (χ0n) is 11.9. The van der Waals surface area contributed by atoms with Crippen LogP contribution >= 0.6 is 34.4 Å². The average Bonchev–Trinajstić information content (AvgIpc) is 2.50. The summed E-state index contributed by atoms with van der Waals surface area (Å²) >= 11 is 3.88. The van der Waals surface area contributed by atoms with Crippen LogP contribution in [-0.2, 0) is 4.79 Å². The van der Waals surface area contributed by atoms with Crippen molar-refractivity contribution in [3.05, 3.63) is 52.1 Å². The highest BCUT2D eigenvalue weighted by Crippen LogP contribution is 2.24. The third-order valence-corrected chi connectivity index (χ3v) is 4.50. The van der Waals surface area contributed by atoms with Gasteiger partial charge >= 0.3 is 0 Å². The maximum absolute atomic E-state index is 12.3. The Labute approximate surface area is 143 Å². The molecular weight excluding hydrogens is 395 g/mol. The summed E-state index contributed by atoms with van der Waals surface area (Å²) in [7, 11) is 0. The lowest BCUT2D eigenvalue weighted by Crippen LogP contribution is -2.32. The van der Waals surface area contributed by atoms with Crippen molar-refractivity contribution in [2.45, 2.75) is 17.9 Å². The van der Waals surface area contributed by atoms with Crippen molar-refractivity contribution in [3.8, 4) is 0 Å². The highest BCUT2D eigenvalue weighted by atomic mass is 127. The fraction of sp³-hybridized carbons (Fsp3) is 0.188. The van der Waals surface area contributed by atoms with Gasteiger partial charge in [-0.3, -0.25) is 4.79 Å². The summed E-state index contributed by atoms with van der Waals surface area (Å²) < 4.78 is 1.17. The summed E-state index contributed by atoms with van der Waals surface area (Å²) in [6.45, 7) is 1.86. The predicted octanol–water partition coefficient (Wildman–Crippen LogP) is 4.45. The van der Waals surface area contributed by atoms with Crippen molar-refractivity contribution >= 4 is 51.6 Å². The Hall–Kier alpha value is -1.21. The van der Waals surface area contributed by atoms with Crippen molar-refractivity contribution in [1.29, 1.82) is 0 Å². The summed E-state index contributed by atoms with van der Waals surface area (Å²) in [5, 5.41) is 6.17. The maximum Gasteiger partial charge on any atom is 0.246 e. The van der Waals surface area contributed by atoms with Gasteiger partial charge in [0, 0.05) is 14.2 Å². The van der Waals surface area contributed by atoms with E-state index < -0.39 is 0 Å². The monoisotopic (exact) mass is 412 g/mol. The van der Waals surface area contributed by atoms with Crippen LogP contribution in [0.3, 0.4) is 0 Å². The first kappa shape index (κ1) is 16.2. The standard InChI is InChI=1S/C16H17IN2OS/c1-11(18-13-9-7-12(17)8-10-13)16(20)19-14-5-3-4-6-15(14)21-2/h3-11,18H,1-2H3,(H,19,20)/t11-/m0/s1. The summed E-state index contributed by atoms with van der Waals surface area (Å²) in [5.74, 6) is -0.0462. The molecule has 0 spiro atoms. The van der Waals surface area contributed by atoms with Gasteiger partial charge in [0.15, 0.2) is 0 Å². The number of para-hydroxylation sites is 1. The van der Waals surface area contributed by atoms with Crippen LogP contribution in [0.4, 0.5) is 11.4 Å². The van der Waals surface area contributed by atoms with E-state index in [1.54, 1.807) is 11.8 Å². The molecule has 21 heavy (non-hydrogen) atoms. The molecule has 0 bridgehead atoms. The van der Waals surface area contributed by atoms with E-state index in [-0.39, 0.29) is 11.9 Å². The lowest BCUT2D eigenvalue weighted by molar-refractivity contribution is -0.116. The van der Waals surface area contributed by atoms with Crippen LogP contribution in [0.1, 0.15) is 6.92 Å². The zero-order chi connectivity index (χ0) is 15.2. The van der Waals surface area contributed by atoms with Gasteiger partial charge in [-0.2, -0.15) is 0 Å². The molecule has 0 aliphatic heterocycles. The van der Waals surface area contributed by atoms with E-state index >= 15 is 0 Å². The largest absolute Gasteiger partial charge is 0.374 e. The Morgan fingerprint density at radius 2 is 1.81 bits per heavy atom. The number of hydrogen-bond donors (Lipinski definition) is 2. The van der Waals surface area contributed by atoms with Gasteiger partial charge in [0.25, 0.3) is 0 Å². The van der Waals surface area contributed by atoms with Crippen LogP contribution in [0.2, 0.25) is 0 Å². The Kier molecular flexibility index (Phi) is 5.93. The Balaban J connectivity index is 2.01. The lowest BCUT2D eigenvalue weighted by Gasteiger charge is -2.16. The molecule has 2 N–H and O–H groups in total. The predicted molar refractivity (Wildman–Crippen MR) is 99.1 cm³/mol. The third kappa shape index (κ3) is 4.64. The van der Waals surface area contributed by atoms with Gasteiger partial charge < -0.3 is 10.6 Å². The fourth-order valence-corrected chi connectivity index (χ4v) is 2.76. The number of benzene rings is 2. The van der Waals surface area contributed by atoms with E-state index in [9.17, 15) is 4.79 Å². The molecule has 0 saturated heterocycles. The maximum atomic E-state index is 12.3. The van der Waals surface area contributed by atoms with Crippen molar-refractivity contribution in [1.82, 2.24) is 0 Å². The first-order valence-electron chi connectivity index (χ1n) is 6.56. The topological polar surface area (TPSA) is 41.1 Å². The van der Waals surface area contributed by atoms with Gasteiger partial charge in [-0.15, -0.1) is 11.8 Å². The van der Waals surface area contributed by atoms with E-state index in [0.717, 1.165) is 16.3 Å². The molecule has 0 saturated carbocycles. The van der Waals surface area contributed by atoms with Crippen molar-refractivity contribution in [2.24, 2.45) is 0 Å². The first-order valence-corrected chi connectivity index (χ1v) is 8.86. The molecule has 0 fully saturated rings. The highest BCUT2D eigenvalue weighted by Gasteiger charge is 2.14. The Bertz CT molecular complexity index is 616. The molecule has 0 aliphatic rings. The number of carbonyl (C=O) groups excluding carboxylic acids is 1. The average molecular weight is 412 g/mol. The van der Waals surface area contributed by atoms with Crippen molar-refractivity contribution < 1.29 is 4.79 Å². The molecule has 110 valence electrons. The molecule has 1 amide bonds. The number of nitrogens with one attached hydrogen (secondary N) is 2. The second-order valence-electron chi connectivity index (χ2n) is 4.56. The normalized spacial score (nSPS) is 11.8. The second kappa shape index (κ2) is 7.70. The smallest absolute Gasteiger partial charge is 0.246 e. The molecule has 3 nitrogen and oxygen atoms in total. The van der Waals surface area contributed by atoms with Gasteiger partial charge in [0.1, 0.15) is 6.04 Å². The SMILES string of the molecule is CSc1ccccc1NC(=O)[C@H](C)Nc1ccc(I)cc1. The van der Waals surface area contributed by atoms with E-state index in [0.29, 0.717) is 0 Å². The minimum absolute atomic E-state index is 0.0462. The van der Waals surface area contributed by atoms with Crippen LogP contribution in [0.25, 0.3) is 0 Å². The van der Waals surface area contributed by atoms with E-state index in [1.165, 1.54) is 3.57 Å². The van der Waals surface area contributed by atoms with Gasteiger partial charge in [-0.05, 0) is 72.2 Å². The van der Waals surface area contributed by atoms with E-state index in [2.05, 4.69) is 33.2 Å². The molecular formula is C16H17IN2OS. The van der Waals surface area contributed by atoms with Gasteiger partial charge in [-0.25, -0.2) is 0 Å². The highest BCUT2D eigenvalue weighted by molar-refractivity contribution is 14.1. The zero-order valence-corrected chi connectivity index (χ0v) is 14.9. The Morgan fingerprint density at radius 1 is 1.14 bits per heavy atom. The molecule has 1 atom stereocenters. The summed E-state index contributed by atoms with van der Waals surface area (Å²) in [4.78, 5) is 13.3. The minimum Gasteiger partial charge on any atom is -0.374 e. The lowest BCUT2D eigenvalue weighted by atomic mass is 10.2. The van der Waals surface area contributed by atoms with Crippen molar-refractivity contribution in [2.75, 3.05) is 16.9 Å². The first-order chi connectivity index (χ1) is 10.1. The van der Waals surface area contributed by atoms with Crippen LogP contribution in [-0.4, -0.2) is 18.2 Å². The molecule has 0 aliphatic carbocycles. The summed E-state index contributed by atoms with van der Waals surface area (Å²) in [6, 6.07) is 15.5. The number of hydrogen-bond acceptors (Lipinski definition) is 3. The minimum atomic E-state index is -0.306. The van der Waals surface area contributed by atoms with Crippen LogP contribution in [0.15, 0.2) is 53.4 Å². The number of anilines is 2. The number of rotatable bonds is 5. The second-order valence-corrected chi connectivity index (χ2v) is 6.66. The fourth-order valence-electron chi connectivity index (χ4n) is 1.85.